The number of nitrogens with one attached hydrogen (secondary N) is 2. The zero-order valence-corrected chi connectivity index (χ0v) is 19.2. The molecule has 0 aliphatic carbocycles. The van der Waals surface area contributed by atoms with Crippen molar-refractivity contribution < 1.29 is 22.7 Å². The van der Waals surface area contributed by atoms with Gasteiger partial charge in [0.1, 0.15) is 6.04 Å². The lowest BCUT2D eigenvalue weighted by atomic mass is 10.00. The van der Waals surface area contributed by atoms with Crippen LogP contribution in [0.1, 0.15) is 29.3 Å². The van der Waals surface area contributed by atoms with Crippen molar-refractivity contribution in [3.05, 3.63) is 41.2 Å². The number of benzene rings is 1. The second-order valence-corrected chi connectivity index (χ2v) is 9.24. The van der Waals surface area contributed by atoms with Crippen molar-refractivity contribution >= 4 is 16.1 Å². The van der Waals surface area contributed by atoms with E-state index in [0.717, 1.165) is 21.1 Å². The van der Waals surface area contributed by atoms with Crippen LogP contribution in [0.25, 0.3) is 0 Å². The van der Waals surface area contributed by atoms with Gasteiger partial charge in [0, 0.05) is 31.9 Å². The second-order valence-electron chi connectivity index (χ2n) is 7.48. The molecule has 0 radical (unpaired) electrons. The summed E-state index contributed by atoms with van der Waals surface area (Å²) < 4.78 is 41.2. The third kappa shape index (κ3) is 4.83. The lowest BCUT2D eigenvalue weighted by molar-refractivity contribution is -0.125. The lowest BCUT2D eigenvalue weighted by Crippen LogP contribution is -2.57. The number of hydrogen-bond acceptors (Lipinski definition) is 6. The molecule has 0 bridgehead atoms. The van der Waals surface area contributed by atoms with Gasteiger partial charge in [0.05, 0.1) is 26.5 Å². The number of hydrogen-bond donors (Lipinski definition) is 2. The number of rotatable bonds is 7. The average molecular weight is 452 g/mol. The SMILES string of the molecule is COc1ccc(CCNC(=O)C2CC(c3cnn(C)c3C)NS(=O)(=O)N2C)cc1OC. The number of ether oxygens (including phenoxy) is 2. The minimum atomic E-state index is -3.80. The van der Waals surface area contributed by atoms with Crippen molar-refractivity contribution in [2.24, 2.45) is 7.05 Å². The van der Waals surface area contributed by atoms with Crippen LogP contribution in [-0.2, 0) is 28.5 Å². The molecule has 1 amide bonds. The summed E-state index contributed by atoms with van der Waals surface area (Å²) in [6, 6.07) is 4.23. The molecule has 1 saturated heterocycles. The van der Waals surface area contributed by atoms with E-state index in [1.807, 2.05) is 25.1 Å². The first-order valence-corrected chi connectivity index (χ1v) is 11.3. The summed E-state index contributed by atoms with van der Waals surface area (Å²) >= 11 is 0. The van der Waals surface area contributed by atoms with Gasteiger partial charge >= 0.3 is 0 Å². The summed E-state index contributed by atoms with van der Waals surface area (Å²) in [5, 5.41) is 7.05. The minimum Gasteiger partial charge on any atom is -0.493 e. The Morgan fingerprint density at radius 3 is 2.58 bits per heavy atom. The highest BCUT2D eigenvalue weighted by atomic mass is 32.2. The van der Waals surface area contributed by atoms with E-state index >= 15 is 0 Å². The van der Waals surface area contributed by atoms with Crippen LogP contribution in [0.2, 0.25) is 0 Å². The molecule has 2 N–H and O–H groups in total. The van der Waals surface area contributed by atoms with Crippen LogP contribution in [0.15, 0.2) is 24.4 Å². The van der Waals surface area contributed by atoms with Crippen molar-refractivity contribution in [1.82, 2.24) is 24.1 Å². The zero-order valence-electron chi connectivity index (χ0n) is 18.4. The molecule has 1 fully saturated rings. The van der Waals surface area contributed by atoms with Crippen LogP contribution >= 0.6 is 0 Å². The average Bonchev–Trinajstić information content (AvgIpc) is 3.08. The number of methoxy groups -OCH3 is 2. The monoisotopic (exact) mass is 451 g/mol. The quantitative estimate of drug-likeness (QED) is 0.640. The molecule has 2 aromatic rings. The third-order valence-electron chi connectivity index (χ3n) is 5.68. The first kappa shape index (κ1) is 23.0. The first-order valence-electron chi connectivity index (χ1n) is 9.90. The van der Waals surface area contributed by atoms with Gasteiger partial charge in [0.2, 0.25) is 5.91 Å². The second kappa shape index (κ2) is 9.25. The van der Waals surface area contributed by atoms with Crippen LogP contribution in [0, 0.1) is 6.92 Å². The smallest absolute Gasteiger partial charge is 0.280 e. The van der Waals surface area contributed by atoms with Gasteiger partial charge in [-0.05, 0) is 37.5 Å². The Morgan fingerprint density at radius 2 is 1.97 bits per heavy atom. The van der Waals surface area contributed by atoms with Crippen molar-refractivity contribution in [3.63, 3.8) is 0 Å². The molecule has 1 aromatic carbocycles. The van der Waals surface area contributed by atoms with Crippen LogP contribution < -0.4 is 19.5 Å². The van der Waals surface area contributed by atoms with Crippen LogP contribution in [0.3, 0.4) is 0 Å². The van der Waals surface area contributed by atoms with Gasteiger partial charge in [-0.15, -0.1) is 0 Å². The molecule has 0 saturated carbocycles. The predicted octanol–water partition coefficient (Wildman–Crippen LogP) is 0.684. The topological polar surface area (TPSA) is 115 Å². The maximum Gasteiger partial charge on any atom is 0.280 e. The highest BCUT2D eigenvalue weighted by molar-refractivity contribution is 7.87. The van der Waals surface area contributed by atoms with Gasteiger partial charge in [0.25, 0.3) is 10.2 Å². The highest BCUT2D eigenvalue weighted by Gasteiger charge is 2.41. The van der Waals surface area contributed by atoms with Crippen LogP contribution in [0.4, 0.5) is 0 Å². The summed E-state index contributed by atoms with van der Waals surface area (Å²) in [6.45, 7) is 2.23. The van der Waals surface area contributed by atoms with Gasteiger partial charge in [-0.1, -0.05) is 6.07 Å². The molecule has 2 atom stereocenters. The van der Waals surface area contributed by atoms with E-state index in [1.165, 1.54) is 7.05 Å². The number of aromatic nitrogens is 2. The summed E-state index contributed by atoms with van der Waals surface area (Å²) in [7, 11) is 2.54. The molecule has 10 nitrogen and oxygen atoms in total. The summed E-state index contributed by atoms with van der Waals surface area (Å²) in [5.41, 5.74) is 2.58. The Balaban J connectivity index is 1.67. The van der Waals surface area contributed by atoms with E-state index in [9.17, 15) is 13.2 Å². The highest BCUT2D eigenvalue weighted by Crippen LogP contribution is 2.30. The van der Waals surface area contributed by atoms with E-state index in [2.05, 4.69) is 15.1 Å². The largest absolute Gasteiger partial charge is 0.493 e. The first-order chi connectivity index (χ1) is 14.7. The lowest BCUT2D eigenvalue weighted by Gasteiger charge is -2.36. The number of carbonyl (C=O) groups is 1. The van der Waals surface area contributed by atoms with E-state index in [-0.39, 0.29) is 5.91 Å². The molecule has 11 heteroatoms. The molecule has 1 aliphatic rings. The fraction of sp³-hybridized carbons (Fsp3) is 0.500. The molecule has 170 valence electrons. The molecule has 2 unspecified atom stereocenters. The Hall–Kier alpha value is -2.63. The fourth-order valence-electron chi connectivity index (χ4n) is 3.65. The maximum absolute atomic E-state index is 12.9. The van der Waals surface area contributed by atoms with E-state index in [1.54, 1.807) is 32.1 Å². The number of nitrogens with zero attached hydrogens (tertiary/aromatic N) is 3. The number of amides is 1. The molecule has 31 heavy (non-hydrogen) atoms. The molecule has 1 aromatic heterocycles. The third-order valence-corrected chi connectivity index (χ3v) is 7.28. The van der Waals surface area contributed by atoms with Gasteiger partial charge in [-0.2, -0.15) is 22.5 Å². The zero-order chi connectivity index (χ0) is 22.8. The van der Waals surface area contributed by atoms with Crippen molar-refractivity contribution in [2.45, 2.75) is 31.8 Å². The molecular weight excluding hydrogens is 422 g/mol. The van der Waals surface area contributed by atoms with Gasteiger partial charge < -0.3 is 14.8 Å². The number of carbonyl (C=O) groups excluding carboxylic acids is 1. The standard InChI is InChI=1S/C20H29N5O5S/c1-13-15(12-22-24(13)2)16-11-17(25(3)31(27,28)23-16)20(26)21-9-8-14-6-7-18(29-4)19(10-14)30-5/h6-7,10,12,16-17,23H,8-9,11H2,1-5H3,(H,21,26). The van der Waals surface area contributed by atoms with Gasteiger partial charge in [-0.25, -0.2) is 0 Å². The molecule has 2 heterocycles. The van der Waals surface area contributed by atoms with Crippen molar-refractivity contribution in [1.29, 1.82) is 0 Å². The summed E-state index contributed by atoms with van der Waals surface area (Å²) in [6.07, 6.45) is 2.52. The molecule has 1 aliphatic heterocycles. The van der Waals surface area contributed by atoms with Crippen molar-refractivity contribution in [3.8, 4) is 11.5 Å². The van der Waals surface area contributed by atoms with Crippen LogP contribution in [-0.4, -0.2) is 62.3 Å². The van der Waals surface area contributed by atoms with E-state index in [0.29, 0.717) is 30.9 Å². The Labute approximate surface area is 182 Å². The predicted molar refractivity (Wildman–Crippen MR) is 115 cm³/mol. The summed E-state index contributed by atoms with van der Waals surface area (Å²) in [5.74, 6) is 0.915. The van der Waals surface area contributed by atoms with Gasteiger partial charge in [0.15, 0.2) is 11.5 Å². The van der Waals surface area contributed by atoms with Crippen LogP contribution in [0.5, 0.6) is 11.5 Å². The van der Waals surface area contributed by atoms with Crippen molar-refractivity contribution in [2.75, 3.05) is 27.8 Å². The Kier molecular flexibility index (Phi) is 6.87. The molecule has 3 rings (SSSR count). The Bertz CT molecular complexity index is 1050. The Morgan fingerprint density at radius 1 is 1.26 bits per heavy atom. The molecule has 0 spiro atoms. The minimum absolute atomic E-state index is 0.310. The van der Waals surface area contributed by atoms with Gasteiger partial charge in [-0.3, -0.25) is 9.48 Å². The van der Waals surface area contributed by atoms with E-state index < -0.39 is 22.3 Å². The number of likely N-dealkylation sites (N-methyl/N-ethyl adjacent to an activating group) is 1. The normalized spacial score (nSPS) is 20.9. The van der Waals surface area contributed by atoms with E-state index in [4.69, 9.17) is 9.47 Å². The fourth-order valence-corrected chi connectivity index (χ4v) is 4.92. The summed E-state index contributed by atoms with van der Waals surface area (Å²) in [4.78, 5) is 12.9. The number of aryl methyl sites for hydroxylation is 1. The molecular formula is C20H29N5O5S. The maximum atomic E-state index is 12.9.